The van der Waals surface area contributed by atoms with Gasteiger partial charge in [0.25, 0.3) is 5.91 Å². The number of fused-ring (bicyclic) bond motifs is 3. The van der Waals surface area contributed by atoms with Crippen molar-refractivity contribution in [1.29, 1.82) is 0 Å². The summed E-state index contributed by atoms with van der Waals surface area (Å²) in [5.74, 6) is -6.06. The molecule has 0 radical (unpaired) electrons. The number of phenolic OH excluding ortho intramolecular Hbond substituents is 1. The fourth-order valence-corrected chi connectivity index (χ4v) is 5.97. The number of carbonyl (C=O) groups is 3. The van der Waals surface area contributed by atoms with Gasteiger partial charge in [-0.3, -0.25) is 19.3 Å². The van der Waals surface area contributed by atoms with Gasteiger partial charge in [-0.05, 0) is 62.5 Å². The number of likely N-dealkylation sites (N-methyl/N-ethyl adjacent to an activating group) is 1. The first kappa shape index (κ1) is 25.9. The van der Waals surface area contributed by atoms with E-state index < -0.39 is 58.0 Å². The van der Waals surface area contributed by atoms with Gasteiger partial charge in [0.1, 0.15) is 22.8 Å². The Morgan fingerprint density at radius 1 is 1.22 bits per heavy atom. The Balaban J connectivity index is 1.88. The minimum atomic E-state index is -2.63. The number of carbonyl (C=O) groups excluding carboxylic acids is 3. The number of aromatic hydroxyl groups is 1. The number of amides is 1. The summed E-state index contributed by atoms with van der Waals surface area (Å²) in [5, 5.41) is 47.7. The lowest BCUT2D eigenvalue weighted by Crippen LogP contribution is -2.65. The highest BCUT2D eigenvalue weighted by Gasteiger charge is 2.64. The summed E-state index contributed by atoms with van der Waals surface area (Å²) in [5.41, 5.74) is 3.37. The van der Waals surface area contributed by atoms with Crippen molar-refractivity contribution < 1.29 is 34.8 Å². The number of hydrogen-bond acceptors (Lipinski definition) is 9. The maximum Gasteiger partial charge on any atom is 0.255 e. The zero-order valence-corrected chi connectivity index (χ0v) is 20.8. The lowest BCUT2D eigenvalue weighted by atomic mass is 9.57. The van der Waals surface area contributed by atoms with Gasteiger partial charge in [0.05, 0.1) is 11.6 Å². The number of ketones is 2. The van der Waals surface area contributed by atoms with Gasteiger partial charge in [-0.2, -0.15) is 0 Å². The second kappa shape index (κ2) is 9.02. The molecule has 10 nitrogen and oxygen atoms in total. The molecule has 0 aliphatic heterocycles. The average molecular weight is 500 g/mol. The SMILES string of the molecule is CC(C)CNCc1ccc(O)c2c1CC1CC3C(N(C)C)C(=O)C(C(N)=O)=C(O)C3(O)C(=O)C1=C2O. The Bertz CT molecular complexity index is 1220. The quantitative estimate of drug-likeness (QED) is 0.308. The molecule has 10 heteroatoms. The van der Waals surface area contributed by atoms with Gasteiger partial charge in [-0.15, -0.1) is 0 Å². The Hall–Kier alpha value is -3.21. The molecule has 36 heavy (non-hydrogen) atoms. The Labute approximate surface area is 209 Å². The van der Waals surface area contributed by atoms with Crippen LogP contribution in [0.5, 0.6) is 5.75 Å². The normalized spacial score (nSPS) is 27.9. The van der Waals surface area contributed by atoms with E-state index in [0.29, 0.717) is 18.0 Å². The second-order valence-corrected chi connectivity index (χ2v) is 10.6. The van der Waals surface area contributed by atoms with Gasteiger partial charge in [0, 0.05) is 18.0 Å². The smallest absolute Gasteiger partial charge is 0.255 e. The van der Waals surface area contributed by atoms with E-state index in [1.807, 2.05) is 0 Å². The van der Waals surface area contributed by atoms with Crippen LogP contribution in [0.3, 0.4) is 0 Å². The molecule has 0 heterocycles. The van der Waals surface area contributed by atoms with Crippen LogP contribution in [-0.2, 0) is 27.3 Å². The van der Waals surface area contributed by atoms with Crippen LogP contribution < -0.4 is 11.1 Å². The molecule has 4 unspecified atom stereocenters. The van der Waals surface area contributed by atoms with Crippen molar-refractivity contribution in [3.63, 3.8) is 0 Å². The topological polar surface area (TPSA) is 173 Å². The van der Waals surface area contributed by atoms with Crippen molar-refractivity contribution in [2.45, 2.75) is 44.9 Å². The van der Waals surface area contributed by atoms with E-state index in [0.717, 1.165) is 12.1 Å². The summed E-state index contributed by atoms with van der Waals surface area (Å²) in [6, 6.07) is 2.11. The van der Waals surface area contributed by atoms with Crippen LogP contribution in [0.25, 0.3) is 5.76 Å². The van der Waals surface area contributed by atoms with Crippen molar-refractivity contribution in [2.75, 3.05) is 20.6 Å². The number of phenols is 1. The Morgan fingerprint density at radius 3 is 2.47 bits per heavy atom. The number of nitrogens with zero attached hydrogens (tertiary/aromatic N) is 1. The molecule has 0 spiro atoms. The molecule has 7 N–H and O–H groups in total. The molecule has 194 valence electrons. The molecule has 3 aliphatic carbocycles. The fraction of sp³-hybridized carbons (Fsp3) is 0.500. The zero-order chi connectivity index (χ0) is 26.7. The van der Waals surface area contributed by atoms with Crippen molar-refractivity contribution >= 4 is 23.2 Å². The first-order valence-corrected chi connectivity index (χ1v) is 12.0. The van der Waals surface area contributed by atoms with Gasteiger partial charge >= 0.3 is 0 Å². The number of rotatable bonds is 6. The molecule has 1 aromatic carbocycles. The van der Waals surface area contributed by atoms with E-state index in [-0.39, 0.29) is 29.7 Å². The van der Waals surface area contributed by atoms with Crippen molar-refractivity contribution in [3.05, 3.63) is 45.7 Å². The number of Topliss-reactive ketones (excluding diaryl/α,β-unsaturated/α-hetero) is 2. The summed E-state index contributed by atoms with van der Waals surface area (Å²) in [6.07, 6.45) is 0.349. The summed E-state index contributed by atoms with van der Waals surface area (Å²) >= 11 is 0. The first-order chi connectivity index (χ1) is 16.8. The number of nitrogens with two attached hydrogens (primary N) is 1. The second-order valence-electron chi connectivity index (χ2n) is 10.6. The van der Waals surface area contributed by atoms with Gasteiger partial charge in [-0.25, -0.2) is 0 Å². The zero-order valence-electron chi connectivity index (χ0n) is 20.8. The summed E-state index contributed by atoms with van der Waals surface area (Å²) < 4.78 is 0. The number of benzene rings is 1. The van der Waals surface area contributed by atoms with Crippen LogP contribution in [0.4, 0.5) is 0 Å². The predicted octanol–water partition coefficient (Wildman–Crippen LogP) is 0.710. The minimum Gasteiger partial charge on any atom is -0.508 e. The average Bonchev–Trinajstić information content (AvgIpc) is 2.77. The maximum absolute atomic E-state index is 13.8. The highest BCUT2D eigenvalue weighted by Crippen LogP contribution is 2.52. The fourth-order valence-electron chi connectivity index (χ4n) is 5.97. The molecular weight excluding hydrogens is 466 g/mol. The number of nitrogens with one attached hydrogen (secondary N) is 1. The summed E-state index contributed by atoms with van der Waals surface area (Å²) in [6.45, 7) is 5.41. The van der Waals surface area contributed by atoms with Gasteiger partial charge in [-0.1, -0.05) is 19.9 Å². The largest absolute Gasteiger partial charge is 0.508 e. The molecule has 0 aromatic heterocycles. The van der Waals surface area contributed by atoms with Crippen LogP contribution in [0.2, 0.25) is 0 Å². The third kappa shape index (κ3) is 3.71. The number of hydrogen-bond donors (Lipinski definition) is 6. The van der Waals surface area contributed by atoms with E-state index in [9.17, 15) is 34.8 Å². The van der Waals surface area contributed by atoms with Gasteiger partial charge in [0.15, 0.2) is 11.4 Å². The van der Waals surface area contributed by atoms with Crippen LogP contribution in [0.1, 0.15) is 37.0 Å². The molecule has 0 saturated heterocycles. The van der Waals surface area contributed by atoms with Gasteiger partial charge in [0.2, 0.25) is 5.78 Å². The number of primary amides is 1. The van der Waals surface area contributed by atoms with E-state index >= 15 is 0 Å². The van der Waals surface area contributed by atoms with Crippen molar-refractivity contribution in [1.82, 2.24) is 10.2 Å². The van der Waals surface area contributed by atoms with E-state index in [1.165, 1.54) is 11.0 Å². The van der Waals surface area contributed by atoms with E-state index in [4.69, 9.17) is 5.73 Å². The van der Waals surface area contributed by atoms with Crippen LogP contribution in [0, 0.1) is 17.8 Å². The molecule has 0 bridgehead atoms. The lowest BCUT2D eigenvalue weighted by Gasteiger charge is -2.50. The standard InChI is InChI=1S/C26H33N3O7/c1-11(2)9-28-10-12-5-6-16(30)18-14(12)7-13-8-15-20(29(3)4)22(32)19(25(27)35)24(34)26(15,36)23(33)17(13)21(18)31/h5-6,11,13,15,20,28,30-31,34,36H,7-10H2,1-4H3,(H2,27,35). The summed E-state index contributed by atoms with van der Waals surface area (Å²) in [4.78, 5) is 40.4. The van der Waals surface area contributed by atoms with Crippen molar-refractivity contribution in [3.8, 4) is 5.75 Å². The highest BCUT2D eigenvalue weighted by atomic mass is 16.3. The Kier molecular flexibility index (Phi) is 6.48. The highest BCUT2D eigenvalue weighted by molar-refractivity contribution is 6.24. The van der Waals surface area contributed by atoms with Crippen LogP contribution in [0.15, 0.2) is 29.0 Å². The molecule has 1 fully saturated rings. The molecule has 1 saturated carbocycles. The summed E-state index contributed by atoms with van der Waals surface area (Å²) in [7, 11) is 3.15. The van der Waals surface area contributed by atoms with E-state index in [2.05, 4.69) is 19.2 Å². The van der Waals surface area contributed by atoms with Gasteiger partial charge < -0.3 is 31.5 Å². The minimum absolute atomic E-state index is 0.0697. The van der Waals surface area contributed by atoms with Crippen LogP contribution >= 0.6 is 0 Å². The molecule has 1 amide bonds. The third-order valence-corrected chi connectivity index (χ3v) is 7.57. The van der Waals surface area contributed by atoms with E-state index in [1.54, 1.807) is 20.2 Å². The van der Waals surface area contributed by atoms with Crippen molar-refractivity contribution in [2.24, 2.45) is 23.5 Å². The first-order valence-electron chi connectivity index (χ1n) is 12.0. The number of aliphatic hydroxyl groups is 3. The molecule has 4 atom stereocenters. The molecule has 4 rings (SSSR count). The Morgan fingerprint density at radius 2 is 1.89 bits per heavy atom. The lowest BCUT2D eigenvalue weighted by molar-refractivity contribution is -0.153. The molecule has 1 aromatic rings. The third-order valence-electron chi connectivity index (χ3n) is 7.57. The predicted molar refractivity (Wildman–Crippen MR) is 131 cm³/mol. The molecular formula is C26H33N3O7. The van der Waals surface area contributed by atoms with Crippen LogP contribution in [-0.4, -0.2) is 75.1 Å². The number of aliphatic hydroxyl groups excluding tert-OH is 2. The maximum atomic E-state index is 13.8. The molecule has 3 aliphatic rings. The monoisotopic (exact) mass is 499 g/mol.